The van der Waals surface area contributed by atoms with Gasteiger partial charge in [0.25, 0.3) is 0 Å². The highest BCUT2D eigenvalue weighted by molar-refractivity contribution is 6.30. The van der Waals surface area contributed by atoms with Crippen molar-refractivity contribution in [1.82, 2.24) is 4.90 Å². The lowest BCUT2D eigenvalue weighted by Crippen LogP contribution is -2.52. The first-order valence-electron chi connectivity index (χ1n) is 10.9. The number of ether oxygens (including phenoxy) is 1. The number of methoxy groups -OCH3 is 1. The van der Waals surface area contributed by atoms with Gasteiger partial charge in [-0.05, 0) is 67.7 Å². The van der Waals surface area contributed by atoms with E-state index >= 15 is 0 Å². The van der Waals surface area contributed by atoms with Crippen LogP contribution in [0.3, 0.4) is 0 Å². The Morgan fingerprint density at radius 3 is 2.58 bits per heavy atom. The highest BCUT2D eigenvalue weighted by atomic mass is 35.5. The molecule has 0 saturated heterocycles. The highest BCUT2D eigenvalue weighted by Gasteiger charge is 2.39. The number of benzene rings is 2. The third-order valence-corrected chi connectivity index (χ3v) is 6.97. The third kappa shape index (κ3) is 5.03. The second-order valence-corrected chi connectivity index (χ2v) is 8.89. The van der Waals surface area contributed by atoms with E-state index < -0.39 is 5.97 Å². The summed E-state index contributed by atoms with van der Waals surface area (Å²) in [7, 11) is 1.34. The van der Waals surface area contributed by atoms with Crippen LogP contribution in [0, 0.1) is 0 Å². The maximum absolute atomic E-state index is 13.4. The molecule has 8 heteroatoms. The van der Waals surface area contributed by atoms with Crippen molar-refractivity contribution in [2.24, 2.45) is 5.73 Å². The Bertz CT molecular complexity index is 1040. The van der Waals surface area contributed by atoms with Gasteiger partial charge < -0.3 is 15.4 Å². The minimum atomic E-state index is -0.427. The number of amides is 2. The van der Waals surface area contributed by atoms with Crippen molar-refractivity contribution in [2.75, 3.05) is 25.1 Å². The van der Waals surface area contributed by atoms with Gasteiger partial charge in [-0.2, -0.15) is 0 Å². The van der Waals surface area contributed by atoms with E-state index in [1.807, 2.05) is 35.2 Å². The van der Waals surface area contributed by atoms with Gasteiger partial charge in [-0.1, -0.05) is 29.8 Å². The number of carbonyl (C=O) groups excluding carboxylic acids is 2. The van der Waals surface area contributed by atoms with E-state index in [1.54, 1.807) is 29.3 Å². The Hall–Kier alpha value is -2.54. The monoisotopic (exact) mass is 489 g/mol. The van der Waals surface area contributed by atoms with Gasteiger partial charge in [0.05, 0.1) is 18.4 Å². The highest BCUT2D eigenvalue weighted by Crippen LogP contribution is 2.41. The average molecular weight is 490 g/mol. The van der Waals surface area contributed by atoms with E-state index in [-0.39, 0.29) is 29.9 Å². The lowest BCUT2D eigenvalue weighted by molar-refractivity contribution is 0.0600. The molecule has 2 aromatic carbocycles. The first kappa shape index (κ1) is 25.1. The summed E-state index contributed by atoms with van der Waals surface area (Å²) in [5.74, 6) is -0.427. The van der Waals surface area contributed by atoms with Crippen molar-refractivity contribution in [1.29, 1.82) is 0 Å². The number of rotatable bonds is 5. The Kier molecular flexibility index (Phi) is 8.05. The SMILES string of the molecule is COC(=O)c1cccc(N2C=CCN(C3CCC(CN)(c4cccc(Cl)c4)CC3)C2=O)c1.Cl. The molecule has 0 unspecified atom stereocenters. The number of nitrogens with two attached hydrogens (primary N) is 1. The van der Waals surface area contributed by atoms with E-state index in [0.29, 0.717) is 24.3 Å². The molecule has 33 heavy (non-hydrogen) atoms. The smallest absolute Gasteiger partial charge is 0.337 e. The number of nitrogens with zero attached hydrogens (tertiary/aromatic N) is 2. The number of hydrogen-bond acceptors (Lipinski definition) is 4. The zero-order valence-corrected chi connectivity index (χ0v) is 20.1. The molecule has 0 radical (unpaired) electrons. The number of esters is 1. The molecule has 4 rings (SSSR count). The van der Waals surface area contributed by atoms with Crippen LogP contribution in [-0.4, -0.2) is 43.1 Å². The largest absolute Gasteiger partial charge is 0.465 e. The van der Waals surface area contributed by atoms with Crippen molar-refractivity contribution in [3.05, 3.63) is 77.0 Å². The molecular weight excluding hydrogens is 461 g/mol. The van der Waals surface area contributed by atoms with Crippen molar-refractivity contribution in [2.45, 2.75) is 37.1 Å². The van der Waals surface area contributed by atoms with Crippen LogP contribution in [0.4, 0.5) is 10.5 Å². The van der Waals surface area contributed by atoms with Crippen LogP contribution in [0.15, 0.2) is 60.8 Å². The van der Waals surface area contributed by atoms with Crippen molar-refractivity contribution < 1.29 is 14.3 Å². The van der Waals surface area contributed by atoms with Gasteiger partial charge in [-0.3, -0.25) is 4.90 Å². The van der Waals surface area contributed by atoms with Gasteiger partial charge in [-0.25, -0.2) is 9.59 Å². The number of carbonyl (C=O) groups is 2. The minimum absolute atomic E-state index is 0. The fraction of sp³-hybridized carbons (Fsp3) is 0.360. The normalized spacial score (nSPS) is 22.6. The summed E-state index contributed by atoms with van der Waals surface area (Å²) >= 11 is 6.23. The molecule has 0 bridgehead atoms. The molecule has 176 valence electrons. The lowest BCUT2D eigenvalue weighted by Gasteiger charge is -2.45. The molecule has 1 heterocycles. The maximum atomic E-state index is 13.4. The van der Waals surface area contributed by atoms with Crippen molar-refractivity contribution in [3.63, 3.8) is 0 Å². The van der Waals surface area contributed by atoms with Gasteiger partial charge in [0.15, 0.2) is 0 Å². The summed E-state index contributed by atoms with van der Waals surface area (Å²) in [6, 6.07) is 14.9. The lowest BCUT2D eigenvalue weighted by atomic mass is 9.68. The van der Waals surface area contributed by atoms with Crippen LogP contribution >= 0.6 is 24.0 Å². The molecule has 0 spiro atoms. The van der Waals surface area contributed by atoms with Gasteiger partial charge in [0.2, 0.25) is 0 Å². The number of halogens is 2. The topological polar surface area (TPSA) is 75.9 Å². The van der Waals surface area contributed by atoms with E-state index in [2.05, 4.69) is 6.07 Å². The van der Waals surface area contributed by atoms with E-state index in [0.717, 1.165) is 30.7 Å². The molecule has 2 aliphatic rings. The second-order valence-electron chi connectivity index (χ2n) is 8.46. The maximum Gasteiger partial charge on any atom is 0.337 e. The zero-order valence-electron chi connectivity index (χ0n) is 18.6. The molecule has 6 nitrogen and oxygen atoms in total. The molecule has 1 fully saturated rings. The summed E-state index contributed by atoms with van der Waals surface area (Å²) in [5, 5.41) is 0.721. The fourth-order valence-electron chi connectivity index (χ4n) is 4.84. The average Bonchev–Trinajstić information content (AvgIpc) is 2.84. The molecule has 2 amide bonds. The van der Waals surface area contributed by atoms with Crippen LogP contribution in [0.1, 0.15) is 41.6 Å². The molecular formula is C25H29Cl2N3O3. The standard InChI is InChI=1S/C25H28ClN3O3.ClH/c1-32-23(30)18-5-2-8-22(15-18)29-14-4-13-28(24(29)31)21-9-11-25(17-27,12-10-21)19-6-3-7-20(26)16-19;/h2-8,14-16,21H,9-13,17,27H2,1H3;1H. The third-order valence-electron chi connectivity index (χ3n) is 6.73. The van der Waals surface area contributed by atoms with Gasteiger partial charge in [0, 0.05) is 35.8 Å². The van der Waals surface area contributed by atoms with Crippen LogP contribution in [-0.2, 0) is 10.2 Å². The summed E-state index contributed by atoms with van der Waals surface area (Å²) in [5.41, 5.74) is 8.37. The van der Waals surface area contributed by atoms with Gasteiger partial charge in [0.1, 0.15) is 0 Å². The number of urea groups is 1. The summed E-state index contributed by atoms with van der Waals surface area (Å²) in [6.07, 6.45) is 7.31. The first-order chi connectivity index (χ1) is 15.5. The quantitative estimate of drug-likeness (QED) is 0.589. The van der Waals surface area contributed by atoms with E-state index in [1.165, 1.54) is 12.7 Å². The van der Waals surface area contributed by atoms with Gasteiger partial charge in [-0.15, -0.1) is 12.4 Å². The van der Waals surface area contributed by atoms with E-state index in [4.69, 9.17) is 22.1 Å². The fourth-order valence-corrected chi connectivity index (χ4v) is 5.03. The van der Waals surface area contributed by atoms with Crippen LogP contribution < -0.4 is 10.6 Å². The Morgan fingerprint density at radius 2 is 1.91 bits per heavy atom. The minimum Gasteiger partial charge on any atom is -0.465 e. The number of hydrogen-bond donors (Lipinski definition) is 1. The zero-order chi connectivity index (χ0) is 22.7. The molecule has 0 atom stereocenters. The van der Waals surface area contributed by atoms with Crippen LogP contribution in [0.25, 0.3) is 0 Å². The Morgan fingerprint density at radius 1 is 1.18 bits per heavy atom. The summed E-state index contributed by atoms with van der Waals surface area (Å²) in [4.78, 5) is 28.8. The van der Waals surface area contributed by atoms with Gasteiger partial charge >= 0.3 is 12.0 Å². The van der Waals surface area contributed by atoms with Crippen molar-refractivity contribution >= 4 is 41.7 Å². The summed E-state index contributed by atoms with van der Waals surface area (Å²) < 4.78 is 4.81. The second kappa shape index (κ2) is 10.6. The molecule has 1 saturated carbocycles. The molecule has 0 aromatic heterocycles. The molecule has 1 aliphatic heterocycles. The number of anilines is 1. The molecule has 2 aromatic rings. The molecule has 2 N–H and O–H groups in total. The van der Waals surface area contributed by atoms with E-state index in [9.17, 15) is 9.59 Å². The Labute approximate surface area is 205 Å². The predicted octanol–water partition coefficient (Wildman–Crippen LogP) is 5.14. The predicted molar refractivity (Wildman–Crippen MR) is 133 cm³/mol. The van der Waals surface area contributed by atoms with Crippen LogP contribution in [0.2, 0.25) is 5.02 Å². The van der Waals surface area contributed by atoms with Crippen molar-refractivity contribution in [3.8, 4) is 0 Å². The molecule has 1 aliphatic carbocycles. The van der Waals surface area contributed by atoms with Crippen LogP contribution in [0.5, 0.6) is 0 Å². The Balaban J connectivity index is 0.00000306. The summed E-state index contributed by atoms with van der Waals surface area (Å²) in [6.45, 7) is 1.13. The first-order valence-corrected chi connectivity index (χ1v) is 11.3.